The normalized spacial score (nSPS) is 17.2. The van der Waals surface area contributed by atoms with Crippen molar-refractivity contribution in [3.63, 3.8) is 0 Å². The number of rotatable bonds is 7. The summed E-state index contributed by atoms with van der Waals surface area (Å²) in [5.41, 5.74) is 4.43. The summed E-state index contributed by atoms with van der Waals surface area (Å²) in [7, 11) is 0. The summed E-state index contributed by atoms with van der Waals surface area (Å²) < 4.78 is 0. The molecule has 5 heteroatoms. The van der Waals surface area contributed by atoms with Crippen molar-refractivity contribution in [2.45, 2.75) is 33.1 Å². The minimum atomic E-state index is -0.150. The fraction of sp³-hybridized carbons (Fsp3) is 0.385. The number of amides is 2. The van der Waals surface area contributed by atoms with Crippen LogP contribution in [0.3, 0.4) is 0 Å². The van der Waals surface area contributed by atoms with Gasteiger partial charge in [0.2, 0.25) is 0 Å². The molecule has 0 spiro atoms. The van der Waals surface area contributed by atoms with Gasteiger partial charge in [-0.3, -0.25) is 14.5 Å². The number of aryl methyl sites for hydroxylation is 1. The van der Waals surface area contributed by atoms with Crippen molar-refractivity contribution >= 4 is 23.1 Å². The number of unbranched alkanes of at least 4 members (excludes halogenated alkanes) is 2. The molecule has 2 amide bonds. The van der Waals surface area contributed by atoms with E-state index >= 15 is 0 Å². The lowest BCUT2D eigenvalue weighted by Crippen LogP contribution is -2.47. The fourth-order valence-electron chi connectivity index (χ4n) is 4.46. The Morgan fingerprint density at radius 1 is 0.806 bits per heavy atom. The monoisotopic (exact) mass is 417 g/mol. The third-order valence-corrected chi connectivity index (χ3v) is 6.15. The highest BCUT2D eigenvalue weighted by atomic mass is 16.2. The largest absolute Gasteiger partial charge is 0.368 e. The van der Waals surface area contributed by atoms with E-state index in [0.29, 0.717) is 17.8 Å². The van der Waals surface area contributed by atoms with Crippen LogP contribution in [-0.4, -0.2) is 54.3 Å². The molecule has 0 aliphatic carbocycles. The van der Waals surface area contributed by atoms with Gasteiger partial charge in [-0.2, -0.15) is 0 Å². The summed E-state index contributed by atoms with van der Waals surface area (Å²) in [6.45, 7) is 7.82. The lowest BCUT2D eigenvalue weighted by molar-refractivity contribution is -0.137. The molecule has 0 radical (unpaired) electrons. The number of imide groups is 1. The zero-order chi connectivity index (χ0) is 21.8. The maximum atomic E-state index is 13.4. The summed E-state index contributed by atoms with van der Waals surface area (Å²) >= 11 is 0. The molecule has 2 aromatic carbocycles. The van der Waals surface area contributed by atoms with Crippen molar-refractivity contribution in [1.29, 1.82) is 0 Å². The first kappa shape index (κ1) is 21.2. The van der Waals surface area contributed by atoms with Crippen LogP contribution in [0.4, 0.5) is 5.69 Å². The Morgan fingerprint density at radius 2 is 1.52 bits per heavy atom. The third kappa shape index (κ3) is 4.36. The van der Waals surface area contributed by atoms with E-state index in [-0.39, 0.29) is 11.8 Å². The first-order valence-electron chi connectivity index (χ1n) is 11.3. The second-order valence-corrected chi connectivity index (χ2v) is 8.37. The Bertz CT molecular complexity index is 975. The number of anilines is 1. The first-order valence-corrected chi connectivity index (χ1v) is 11.3. The van der Waals surface area contributed by atoms with Crippen LogP contribution < -0.4 is 4.90 Å². The van der Waals surface area contributed by atoms with Gasteiger partial charge in [0.25, 0.3) is 11.8 Å². The lowest BCUT2D eigenvalue weighted by Gasteiger charge is -2.37. The van der Waals surface area contributed by atoms with Gasteiger partial charge in [0.1, 0.15) is 5.70 Å². The Balaban J connectivity index is 1.58. The van der Waals surface area contributed by atoms with E-state index in [2.05, 4.69) is 47.9 Å². The Morgan fingerprint density at radius 3 is 2.19 bits per heavy atom. The van der Waals surface area contributed by atoms with Gasteiger partial charge in [-0.15, -0.1) is 0 Å². The molecule has 0 N–H and O–H groups in total. The van der Waals surface area contributed by atoms with Gasteiger partial charge in [-0.05, 0) is 36.6 Å². The summed E-state index contributed by atoms with van der Waals surface area (Å²) in [6, 6.07) is 18.2. The highest BCUT2D eigenvalue weighted by Gasteiger charge is 2.41. The molecule has 0 bridgehead atoms. The number of hydrogen-bond acceptors (Lipinski definition) is 4. The van der Waals surface area contributed by atoms with Gasteiger partial charge in [0.05, 0.1) is 5.57 Å². The van der Waals surface area contributed by atoms with E-state index < -0.39 is 0 Å². The standard InChI is InChI=1S/C26H31N3O2/c1-3-4-8-14-29-25(30)23(21-11-6-5-7-12-21)24(26(29)31)28-17-15-27(16-18-28)22-13-9-10-20(2)19-22/h5-7,9-13,19H,3-4,8,14-18H2,1-2H3. The quantitative estimate of drug-likeness (QED) is 0.503. The molecule has 2 aromatic rings. The molecule has 0 aromatic heterocycles. The molecule has 0 atom stereocenters. The summed E-state index contributed by atoms with van der Waals surface area (Å²) in [5, 5.41) is 0. The molecule has 1 fully saturated rings. The first-order chi connectivity index (χ1) is 15.1. The molecule has 0 unspecified atom stereocenters. The number of benzene rings is 2. The van der Waals surface area contributed by atoms with Crippen LogP contribution in [0.15, 0.2) is 60.3 Å². The van der Waals surface area contributed by atoms with Crippen LogP contribution in [0.1, 0.15) is 37.3 Å². The minimum Gasteiger partial charge on any atom is -0.368 e. The summed E-state index contributed by atoms with van der Waals surface area (Å²) in [5.74, 6) is -0.285. The summed E-state index contributed by atoms with van der Waals surface area (Å²) in [4.78, 5) is 32.6. The highest BCUT2D eigenvalue weighted by Crippen LogP contribution is 2.33. The average Bonchev–Trinajstić information content (AvgIpc) is 3.04. The zero-order valence-electron chi connectivity index (χ0n) is 18.5. The molecule has 162 valence electrons. The van der Waals surface area contributed by atoms with Gasteiger partial charge in [0.15, 0.2) is 0 Å². The smallest absolute Gasteiger partial charge is 0.277 e. The molecular formula is C26H31N3O2. The highest BCUT2D eigenvalue weighted by molar-refractivity contribution is 6.35. The Kier molecular flexibility index (Phi) is 6.40. The van der Waals surface area contributed by atoms with Crippen LogP contribution in [0.5, 0.6) is 0 Å². The van der Waals surface area contributed by atoms with Gasteiger partial charge in [0, 0.05) is 38.4 Å². The fourth-order valence-corrected chi connectivity index (χ4v) is 4.46. The molecule has 31 heavy (non-hydrogen) atoms. The van der Waals surface area contributed by atoms with Gasteiger partial charge in [-0.25, -0.2) is 0 Å². The van der Waals surface area contributed by atoms with Crippen LogP contribution in [0.25, 0.3) is 5.57 Å². The van der Waals surface area contributed by atoms with Crippen LogP contribution in [0, 0.1) is 6.92 Å². The predicted molar refractivity (Wildman–Crippen MR) is 125 cm³/mol. The van der Waals surface area contributed by atoms with E-state index in [1.54, 1.807) is 0 Å². The predicted octanol–water partition coefficient (Wildman–Crippen LogP) is 4.09. The third-order valence-electron chi connectivity index (χ3n) is 6.15. The Labute approximate surface area is 184 Å². The minimum absolute atomic E-state index is 0.135. The number of nitrogens with zero attached hydrogens (tertiary/aromatic N) is 3. The molecular weight excluding hydrogens is 386 g/mol. The summed E-state index contributed by atoms with van der Waals surface area (Å²) in [6.07, 6.45) is 2.93. The molecule has 2 heterocycles. The second kappa shape index (κ2) is 9.38. The zero-order valence-corrected chi connectivity index (χ0v) is 18.5. The van der Waals surface area contributed by atoms with E-state index in [4.69, 9.17) is 0 Å². The number of piperazine rings is 1. The van der Waals surface area contributed by atoms with E-state index in [1.807, 2.05) is 30.3 Å². The second-order valence-electron chi connectivity index (χ2n) is 8.37. The van der Waals surface area contributed by atoms with E-state index in [9.17, 15) is 9.59 Å². The SMILES string of the molecule is CCCCCN1C(=O)C(c2ccccc2)=C(N2CCN(c3cccc(C)c3)CC2)C1=O. The number of carbonyl (C=O) groups is 2. The molecule has 2 aliphatic heterocycles. The maximum Gasteiger partial charge on any atom is 0.277 e. The van der Waals surface area contributed by atoms with Crippen LogP contribution in [-0.2, 0) is 9.59 Å². The van der Waals surface area contributed by atoms with Gasteiger partial charge in [-0.1, -0.05) is 62.2 Å². The molecule has 5 nitrogen and oxygen atoms in total. The van der Waals surface area contributed by atoms with Gasteiger partial charge < -0.3 is 9.80 Å². The molecule has 1 saturated heterocycles. The maximum absolute atomic E-state index is 13.4. The van der Waals surface area contributed by atoms with E-state index in [1.165, 1.54) is 16.2 Å². The van der Waals surface area contributed by atoms with Crippen molar-refractivity contribution < 1.29 is 9.59 Å². The lowest BCUT2D eigenvalue weighted by atomic mass is 10.0. The average molecular weight is 418 g/mol. The van der Waals surface area contributed by atoms with Crippen LogP contribution in [0.2, 0.25) is 0 Å². The number of hydrogen-bond donors (Lipinski definition) is 0. The number of carbonyl (C=O) groups excluding carboxylic acids is 2. The Hall–Kier alpha value is -3.08. The molecule has 4 rings (SSSR count). The van der Waals surface area contributed by atoms with Crippen molar-refractivity contribution in [2.75, 3.05) is 37.6 Å². The molecule has 2 aliphatic rings. The molecule has 0 saturated carbocycles. The van der Waals surface area contributed by atoms with Crippen molar-refractivity contribution in [3.8, 4) is 0 Å². The van der Waals surface area contributed by atoms with Crippen molar-refractivity contribution in [1.82, 2.24) is 9.80 Å². The topological polar surface area (TPSA) is 43.9 Å². The van der Waals surface area contributed by atoms with Crippen molar-refractivity contribution in [3.05, 3.63) is 71.4 Å². The van der Waals surface area contributed by atoms with Crippen molar-refractivity contribution in [2.24, 2.45) is 0 Å². The van der Waals surface area contributed by atoms with Gasteiger partial charge >= 0.3 is 0 Å². The van der Waals surface area contributed by atoms with Crippen LogP contribution >= 0.6 is 0 Å². The van der Waals surface area contributed by atoms with E-state index in [0.717, 1.165) is 51.0 Å².